The molecule has 0 aliphatic carbocycles. The molecule has 0 spiro atoms. The first kappa shape index (κ1) is 12.6. The van der Waals surface area contributed by atoms with Crippen LogP contribution in [-0.4, -0.2) is 26.8 Å². The molecule has 1 heterocycles. The second kappa shape index (κ2) is 5.19. The minimum atomic E-state index is 0.299. The molecule has 1 aliphatic rings. The van der Waals surface area contributed by atoms with Crippen LogP contribution < -0.4 is 5.32 Å². The lowest BCUT2D eigenvalue weighted by molar-refractivity contribution is 0.150. The molecular weight excluding hydrogens is 210 g/mol. The van der Waals surface area contributed by atoms with Gasteiger partial charge in [-0.1, -0.05) is 23.8 Å². The second-order valence-electron chi connectivity index (χ2n) is 5.44. The zero-order valence-corrected chi connectivity index (χ0v) is 11.2. The van der Waals surface area contributed by atoms with Gasteiger partial charge in [-0.25, -0.2) is 0 Å². The summed E-state index contributed by atoms with van der Waals surface area (Å²) in [6.45, 7) is 7.21. The minimum Gasteiger partial charge on any atom is -0.381 e. The Morgan fingerprint density at radius 2 is 2.18 bits per heavy atom. The van der Waals surface area contributed by atoms with Gasteiger partial charge in [-0.05, 0) is 44.9 Å². The van der Waals surface area contributed by atoms with E-state index in [-0.39, 0.29) is 0 Å². The van der Waals surface area contributed by atoms with Crippen LogP contribution in [0.2, 0.25) is 0 Å². The van der Waals surface area contributed by atoms with Crippen LogP contribution in [0.5, 0.6) is 0 Å². The molecule has 0 aromatic heterocycles. The average molecular weight is 233 g/mol. The number of rotatable bonds is 4. The van der Waals surface area contributed by atoms with Gasteiger partial charge in [0.2, 0.25) is 0 Å². The van der Waals surface area contributed by atoms with E-state index in [9.17, 15) is 0 Å². The molecule has 0 amide bonds. The lowest BCUT2D eigenvalue weighted by atomic mass is 9.79. The molecule has 1 aromatic carbocycles. The van der Waals surface area contributed by atoms with Crippen LogP contribution in [0.4, 0.5) is 0 Å². The van der Waals surface area contributed by atoms with Gasteiger partial charge in [0, 0.05) is 18.6 Å². The molecule has 0 saturated carbocycles. The van der Waals surface area contributed by atoms with E-state index in [0.29, 0.717) is 5.41 Å². The molecule has 0 radical (unpaired) electrons. The van der Waals surface area contributed by atoms with Crippen LogP contribution in [0.3, 0.4) is 0 Å². The molecule has 1 aromatic rings. The van der Waals surface area contributed by atoms with Gasteiger partial charge in [0.1, 0.15) is 0 Å². The highest BCUT2D eigenvalue weighted by Crippen LogP contribution is 2.33. The van der Waals surface area contributed by atoms with Crippen molar-refractivity contribution in [3.05, 3.63) is 34.9 Å². The lowest BCUT2D eigenvalue weighted by Crippen LogP contribution is -2.35. The summed E-state index contributed by atoms with van der Waals surface area (Å²) < 4.78 is 5.62. The molecule has 1 N–H and O–H groups in total. The maximum atomic E-state index is 5.62. The normalized spacial score (nSPS) is 24.2. The Bertz CT molecular complexity index is 381. The summed E-state index contributed by atoms with van der Waals surface area (Å²) >= 11 is 0. The van der Waals surface area contributed by atoms with Gasteiger partial charge < -0.3 is 10.1 Å². The fraction of sp³-hybridized carbons (Fsp3) is 0.600. The van der Waals surface area contributed by atoms with Crippen LogP contribution in [0, 0.1) is 19.3 Å². The third kappa shape index (κ3) is 2.88. The zero-order chi connectivity index (χ0) is 12.3. The van der Waals surface area contributed by atoms with Crippen molar-refractivity contribution >= 4 is 0 Å². The summed E-state index contributed by atoms with van der Waals surface area (Å²) in [4.78, 5) is 0. The van der Waals surface area contributed by atoms with E-state index in [0.717, 1.165) is 26.2 Å². The van der Waals surface area contributed by atoms with Crippen molar-refractivity contribution < 1.29 is 4.74 Å². The molecule has 1 fully saturated rings. The highest BCUT2D eigenvalue weighted by atomic mass is 16.5. The van der Waals surface area contributed by atoms with Crippen molar-refractivity contribution in [1.29, 1.82) is 0 Å². The quantitative estimate of drug-likeness (QED) is 0.862. The van der Waals surface area contributed by atoms with Crippen LogP contribution in [0.15, 0.2) is 18.2 Å². The number of nitrogens with one attached hydrogen (secondary N) is 1. The molecule has 17 heavy (non-hydrogen) atoms. The number of ether oxygens (including phenoxy) is 1. The molecule has 2 nitrogen and oxygen atoms in total. The van der Waals surface area contributed by atoms with Gasteiger partial charge >= 0.3 is 0 Å². The first-order chi connectivity index (χ1) is 8.15. The Labute approximate surface area is 104 Å². The molecule has 1 unspecified atom stereocenters. The molecular formula is C15H23NO. The first-order valence-corrected chi connectivity index (χ1v) is 6.44. The molecule has 0 bridgehead atoms. The van der Waals surface area contributed by atoms with E-state index >= 15 is 0 Å². The maximum Gasteiger partial charge on any atom is 0.0538 e. The number of hydrogen-bond donors (Lipinski definition) is 1. The Morgan fingerprint density at radius 1 is 1.35 bits per heavy atom. The highest BCUT2D eigenvalue weighted by molar-refractivity contribution is 5.31. The third-order valence-electron chi connectivity index (χ3n) is 3.81. The fourth-order valence-corrected chi connectivity index (χ4v) is 2.76. The minimum absolute atomic E-state index is 0.299. The van der Waals surface area contributed by atoms with E-state index in [1.54, 1.807) is 0 Å². The SMILES string of the molecule is CNCC1(Cc2cc(C)ccc2C)CCOC1. The average Bonchev–Trinajstić information content (AvgIpc) is 2.73. The summed E-state index contributed by atoms with van der Waals surface area (Å²) in [5.41, 5.74) is 4.53. The van der Waals surface area contributed by atoms with Crippen molar-refractivity contribution in [3.8, 4) is 0 Å². The van der Waals surface area contributed by atoms with E-state index < -0.39 is 0 Å². The summed E-state index contributed by atoms with van der Waals surface area (Å²) in [5.74, 6) is 0. The summed E-state index contributed by atoms with van der Waals surface area (Å²) in [5, 5.41) is 3.32. The standard InChI is InChI=1S/C15H23NO/c1-12-4-5-13(2)14(8-12)9-15(10-16-3)6-7-17-11-15/h4-5,8,16H,6-7,9-11H2,1-3H3. The Hall–Kier alpha value is -0.860. The van der Waals surface area contributed by atoms with Crippen LogP contribution >= 0.6 is 0 Å². The van der Waals surface area contributed by atoms with Gasteiger partial charge in [0.15, 0.2) is 0 Å². The Balaban J connectivity index is 2.19. The number of hydrogen-bond acceptors (Lipinski definition) is 2. The maximum absolute atomic E-state index is 5.62. The zero-order valence-electron chi connectivity index (χ0n) is 11.2. The molecule has 1 saturated heterocycles. The predicted molar refractivity (Wildman–Crippen MR) is 71.4 cm³/mol. The summed E-state index contributed by atoms with van der Waals surface area (Å²) in [7, 11) is 2.03. The highest BCUT2D eigenvalue weighted by Gasteiger charge is 2.34. The predicted octanol–water partition coefficient (Wildman–Crippen LogP) is 2.47. The molecule has 2 heteroatoms. The van der Waals surface area contributed by atoms with E-state index in [2.05, 4.69) is 37.4 Å². The lowest BCUT2D eigenvalue weighted by Gasteiger charge is -2.28. The second-order valence-corrected chi connectivity index (χ2v) is 5.44. The van der Waals surface area contributed by atoms with Crippen LogP contribution in [-0.2, 0) is 11.2 Å². The van der Waals surface area contributed by atoms with Gasteiger partial charge in [-0.3, -0.25) is 0 Å². The van der Waals surface area contributed by atoms with Gasteiger partial charge in [0.25, 0.3) is 0 Å². The Morgan fingerprint density at radius 3 is 2.82 bits per heavy atom. The number of benzene rings is 1. The molecule has 94 valence electrons. The van der Waals surface area contributed by atoms with Crippen molar-refractivity contribution in [1.82, 2.24) is 5.32 Å². The monoisotopic (exact) mass is 233 g/mol. The van der Waals surface area contributed by atoms with E-state index in [1.165, 1.54) is 23.1 Å². The van der Waals surface area contributed by atoms with Gasteiger partial charge in [0.05, 0.1) is 6.61 Å². The molecule has 2 rings (SSSR count). The van der Waals surface area contributed by atoms with Crippen molar-refractivity contribution in [2.75, 3.05) is 26.8 Å². The first-order valence-electron chi connectivity index (χ1n) is 6.44. The van der Waals surface area contributed by atoms with Crippen molar-refractivity contribution in [2.24, 2.45) is 5.41 Å². The van der Waals surface area contributed by atoms with Crippen molar-refractivity contribution in [2.45, 2.75) is 26.7 Å². The fourth-order valence-electron chi connectivity index (χ4n) is 2.76. The van der Waals surface area contributed by atoms with Gasteiger partial charge in [-0.15, -0.1) is 0 Å². The van der Waals surface area contributed by atoms with Crippen LogP contribution in [0.1, 0.15) is 23.1 Å². The smallest absolute Gasteiger partial charge is 0.0538 e. The molecule has 1 aliphatic heterocycles. The van der Waals surface area contributed by atoms with Gasteiger partial charge in [-0.2, -0.15) is 0 Å². The number of aryl methyl sites for hydroxylation is 2. The van der Waals surface area contributed by atoms with Crippen LogP contribution in [0.25, 0.3) is 0 Å². The third-order valence-corrected chi connectivity index (χ3v) is 3.81. The van der Waals surface area contributed by atoms with E-state index in [1.807, 2.05) is 7.05 Å². The largest absolute Gasteiger partial charge is 0.381 e. The molecule has 1 atom stereocenters. The Kier molecular flexibility index (Phi) is 3.85. The summed E-state index contributed by atoms with van der Waals surface area (Å²) in [6.07, 6.45) is 2.29. The topological polar surface area (TPSA) is 21.3 Å². The summed E-state index contributed by atoms with van der Waals surface area (Å²) in [6, 6.07) is 6.74. The van der Waals surface area contributed by atoms with E-state index in [4.69, 9.17) is 4.74 Å². The van der Waals surface area contributed by atoms with Crippen molar-refractivity contribution in [3.63, 3.8) is 0 Å².